The number of carbonyl (C=O) groups is 1. The summed E-state index contributed by atoms with van der Waals surface area (Å²) >= 11 is 0. The number of nitrogens with two attached hydrogens (primary N) is 2. The zero-order chi connectivity index (χ0) is 13.3. The number of nitrogens with zero attached hydrogens (tertiary/aromatic N) is 1. The van der Waals surface area contributed by atoms with Gasteiger partial charge in [0.25, 0.3) is 5.91 Å². The quantitative estimate of drug-likeness (QED) is 0.785. The van der Waals surface area contributed by atoms with Crippen molar-refractivity contribution in [3.05, 3.63) is 23.8 Å². The van der Waals surface area contributed by atoms with Crippen LogP contribution in [0.4, 0.5) is 11.4 Å². The molecule has 0 saturated carbocycles. The number of hydrogen-bond acceptors (Lipinski definition) is 3. The van der Waals surface area contributed by atoms with Crippen molar-refractivity contribution in [2.45, 2.75) is 32.7 Å². The molecule has 1 saturated heterocycles. The molecule has 2 rings (SSSR count). The van der Waals surface area contributed by atoms with E-state index in [9.17, 15) is 4.79 Å². The van der Waals surface area contributed by atoms with Crippen LogP contribution in [0.15, 0.2) is 18.2 Å². The molecule has 0 spiro atoms. The van der Waals surface area contributed by atoms with Gasteiger partial charge in [-0.25, -0.2) is 0 Å². The molecule has 18 heavy (non-hydrogen) atoms. The Kier molecular flexibility index (Phi) is 3.45. The fourth-order valence-corrected chi connectivity index (χ4v) is 2.58. The summed E-state index contributed by atoms with van der Waals surface area (Å²) < 4.78 is 0. The van der Waals surface area contributed by atoms with Crippen LogP contribution in [0.2, 0.25) is 0 Å². The summed E-state index contributed by atoms with van der Waals surface area (Å²) in [6.45, 7) is 5.49. The van der Waals surface area contributed by atoms with E-state index in [2.05, 4.69) is 18.7 Å². The number of carbonyl (C=O) groups excluding carboxylic acids is 1. The van der Waals surface area contributed by atoms with Crippen LogP contribution in [0, 0.1) is 5.92 Å². The standard InChI is InChI=1S/C14H21N3O/c1-9-3-4-10(2)17(8-9)11-5-6-13(15)12(7-11)14(16)18/h5-7,9-10H,3-4,8,15H2,1-2H3,(H2,16,18). The van der Waals surface area contributed by atoms with Gasteiger partial charge in [-0.3, -0.25) is 4.79 Å². The van der Waals surface area contributed by atoms with Gasteiger partial charge in [0.15, 0.2) is 0 Å². The third-order valence-corrected chi connectivity index (χ3v) is 3.75. The summed E-state index contributed by atoms with van der Waals surface area (Å²) in [5, 5.41) is 0. The zero-order valence-electron chi connectivity index (χ0n) is 11.0. The number of primary amides is 1. The summed E-state index contributed by atoms with van der Waals surface area (Å²) in [7, 11) is 0. The maximum atomic E-state index is 11.3. The molecule has 1 fully saturated rings. The average molecular weight is 247 g/mol. The van der Waals surface area contributed by atoms with Crippen LogP contribution in [-0.2, 0) is 0 Å². The molecule has 4 heteroatoms. The summed E-state index contributed by atoms with van der Waals surface area (Å²) in [5.41, 5.74) is 13.0. The van der Waals surface area contributed by atoms with Crippen molar-refractivity contribution < 1.29 is 4.79 Å². The van der Waals surface area contributed by atoms with Crippen molar-refractivity contribution in [2.75, 3.05) is 17.2 Å². The number of anilines is 2. The first-order chi connectivity index (χ1) is 8.49. The highest BCUT2D eigenvalue weighted by Gasteiger charge is 2.23. The van der Waals surface area contributed by atoms with Crippen molar-refractivity contribution in [1.29, 1.82) is 0 Å². The molecule has 0 radical (unpaired) electrons. The Morgan fingerprint density at radius 2 is 2.06 bits per heavy atom. The van der Waals surface area contributed by atoms with Crippen molar-refractivity contribution in [3.63, 3.8) is 0 Å². The van der Waals surface area contributed by atoms with Gasteiger partial charge in [0.05, 0.1) is 5.56 Å². The summed E-state index contributed by atoms with van der Waals surface area (Å²) in [6.07, 6.45) is 2.44. The van der Waals surface area contributed by atoms with E-state index in [1.807, 2.05) is 12.1 Å². The first-order valence-electron chi connectivity index (χ1n) is 6.45. The number of hydrogen-bond donors (Lipinski definition) is 2. The lowest BCUT2D eigenvalue weighted by molar-refractivity contribution is 0.100. The number of rotatable bonds is 2. The van der Waals surface area contributed by atoms with Gasteiger partial charge >= 0.3 is 0 Å². The van der Waals surface area contributed by atoms with Gasteiger partial charge in [-0.2, -0.15) is 0 Å². The molecule has 1 amide bonds. The number of benzene rings is 1. The van der Waals surface area contributed by atoms with Crippen LogP contribution < -0.4 is 16.4 Å². The normalized spacial score (nSPS) is 24.0. The minimum Gasteiger partial charge on any atom is -0.398 e. The second kappa shape index (κ2) is 4.88. The highest BCUT2D eigenvalue weighted by Crippen LogP contribution is 2.29. The van der Waals surface area contributed by atoms with E-state index >= 15 is 0 Å². The van der Waals surface area contributed by atoms with Gasteiger partial charge < -0.3 is 16.4 Å². The number of amides is 1. The first kappa shape index (κ1) is 12.7. The Balaban J connectivity index is 2.32. The molecule has 0 bridgehead atoms. The van der Waals surface area contributed by atoms with Gasteiger partial charge in [-0.15, -0.1) is 0 Å². The molecular weight excluding hydrogens is 226 g/mol. The van der Waals surface area contributed by atoms with Crippen LogP contribution in [0.25, 0.3) is 0 Å². The Bertz CT molecular complexity index is 458. The first-order valence-corrected chi connectivity index (χ1v) is 6.45. The summed E-state index contributed by atoms with van der Waals surface area (Å²) in [5.74, 6) is 0.211. The Morgan fingerprint density at radius 3 is 2.72 bits per heavy atom. The summed E-state index contributed by atoms with van der Waals surface area (Å²) in [6, 6.07) is 6.04. The van der Waals surface area contributed by atoms with E-state index in [0.29, 0.717) is 23.2 Å². The second-order valence-corrected chi connectivity index (χ2v) is 5.32. The van der Waals surface area contributed by atoms with Crippen LogP contribution in [0.3, 0.4) is 0 Å². The number of nitrogen functional groups attached to an aromatic ring is 1. The predicted octanol–water partition coefficient (Wildman–Crippen LogP) is 1.99. The van der Waals surface area contributed by atoms with Gasteiger partial charge in [-0.1, -0.05) is 6.92 Å². The van der Waals surface area contributed by atoms with Crippen LogP contribution in [-0.4, -0.2) is 18.5 Å². The molecule has 0 aromatic heterocycles. The molecule has 1 aromatic rings. The van der Waals surface area contributed by atoms with Gasteiger partial charge in [0.1, 0.15) is 0 Å². The lowest BCUT2D eigenvalue weighted by atomic mass is 9.94. The van der Waals surface area contributed by atoms with Crippen molar-refractivity contribution in [2.24, 2.45) is 11.7 Å². The van der Waals surface area contributed by atoms with E-state index in [0.717, 1.165) is 12.2 Å². The molecule has 2 unspecified atom stereocenters. The van der Waals surface area contributed by atoms with Crippen LogP contribution in [0.1, 0.15) is 37.0 Å². The van der Waals surface area contributed by atoms with Gasteiger partial charge in [0, 0.05) is 24.0 Å². The van der Waals surface area contributed by atoms with Crippen LogP contribution >= 0.6 is 0 Å². The highest BCUT2D eigenvalue weighted by molar-refractivity contribution is 5.99. The largest absolute Gasteiger partial charge is 0.398 e. The zero-order valence-corrected chi connectivity index (χ0v) is 11.0. The predicted molar refractivity (Wildman–Crippen MR) is 74.6 cm³/mol. The third-order valence-electron chi connectivity index (χ3n) is 3.75. The third kappa shape index (κ3) is 2.42. The van der Waals surface area contributed by atoms with E-state index < -0.39 is 5.91 Å². The second-order valence-electron chi connectivity index (χ2n) is 5.32. The van der Waals surface area contributed by atoms with Gasteiger partial charge in [-0.05, 0) is 43.9 Å². The monoisotopic (exact) mass is 247 g/mol. The molecular formula is C14H21N3O. The highest BCUT2D eigenvalue weighted by atomic mass is 16.1. The molecule has 98 valence electrons. The summed E-state index contributed by atoms with van der Waals surface area (Å²) in [4.78, 5) is 13.7. The van der Waals surface area contributed by atoms with Crippen molar-refractivity contribution in [1.82, 2.24) is 0 Å². The smallest absolute Gasteiger partial charge is 0.250 e. The van der Waals surface area contributed by atoms with E-state index in [4.69, 9.17) is 11.5 Å². The maximum absolute atomic E-state index is 11.3. The molecule has 4 nitrogen and oxygen atoms in total. The minimum absolute atomic E-state index is 0.415. The Hall–Kier alpha value is -1.71. The molecule has 1 aromatic carbocycles. The fraction of sp³-hybridized carbons (Fsp3) is 0.500. The van der Waals surface area contributed by atoms with E-state index in [1.165, 1.54) is 12.8 Å². The fourth-order valence-electron chi connectivity index (χ4n) is 2.58. The average Bonchev–Trinajstić information content (AvgIpc) is 2.33. The van der Waals surface area contributed by atoms with Crippen molar-refractivity contribution >= 4 is 17.3 Å². The van der Waals surface area contributed by atoms with Crippen LogP contribution in [0.5, 0.6) is 0 Å². The maximum Gasteiger partial charge on any atom is 0.250 e. The minimum atomic E-state index is -0.466. The number of piperidine rings is 1. The van der Waals surface area contributed by atoms with Gasteiger partial charge in [0.2, 0.25) is 0 Å². The topological polar surface area (TPSA) is 72.3 Å². The van der Waals surface area contributed by atoms with E-state index in [-0.39, 0.29) is 0 Å². The SMILES string of the molecule is CC1CCC(C)N(c2ccc(N)c(C(N)=O)c2)C1. The molecule has 4 N–H and O–H groups in total. The molecule has 1 aliphatic rings. The lowest BCUT2D eigenvalue weighted by Gasteiger charge is -2.38. The molecule has 1 heterocycles. The Morgan fingerprint density at radius 1 is 1.33 bits per heavy atom. The molecule has 0 aliphatic carbocycles. The Labute approximate surface area is 108 Å². The van der Waals surface area contributed by atoms with Crippen molar-refractivity contribution in [3.8, 4) is 0 Å². The lowest BCUT2D eigenvalue weighted by Crippen LogP contribution is -2.41. The molecule has 2 atom stereocenters. The van der Waals surface area contributed by atoms with E-state index in [1.54, 1.807) is 6.07 Å². The molecule has 1 aliphatic heterocycles.